The molecule has 0 aliphatic rings. The smallest absolute Gasteiger partial charge is 0.272 e. The van der Waals surface area contributed by atoms with Gasteiger partial charge in [-0.05, 0) is 12.1 Å². The van der Waals surface area contributed by atoms with Crippen molar-refractivity contribution in [3.8, 4) is 5.75 Å². The minimum atomic E-state index is -1.46. The molecule has 0 fully saturated rings. The molecule has 128 valence electrons. The number of benzene rings is 2. The lowest BCUT2D eigenvalue weighted by Gasteiger charge is -2.11. The quantitative estimate of drug-likeness (QED) is 0.749. The molecule has 1 unspecified atom stereocenters. The van der Waals surface area contributed by atoms with Crippen LogP contribution in [0.25, 0.3) is 10.8 Å². The second-order valence-electron chi connectivity index (χ2n) is 5.71. The maximum absolute atomic E-state index is 13.1. The van der Waals surface area contributed by atoms with Crippen molar-refractivity contribution in [2.75, 3.05) is 0 Å². The Morgan fingerprint density at radius 3 is 2.56 bits per heavy atom. The molecule has 1 N–H and O–H groups in total. The number of nitrogens with zero attached hydrogens (tertiary/aromatic N) is 1. The zero-order chi connectivity index (χ0) is 17.8. The molecule has 3 aromatic rings. The summed E-state index contributed by atoms with van der Waals surface area (Å²) in [5.41, 5.74) is 0.839. The number of hydrogen-bond acceptors (Lipinski definition) is 4. The number of carbonyl (C=O) groups is 1. The van der Waals surface area contributed by atoms with E-state index in [1.54, 1.807) is 48.5 Å². The summed E-state index contributed by atoms with van der Waals surface area (Å²) in [6, 6.07) is 13.9. The van der Waals surface area contributed by atoms with E-state index in [0.717, 1.165) is 0 Å². The van der Waals surface area contributed by atoms with Crippen molar-refractivity contribution >= 4 is 16.6 Å². The van der Waals surface area contributed by atoms with E-state index in [1.165, 1.54) is 6.92 Å². The van der Waals surface area contributed by atoms with E-state index in [4.69, 9.17) is 4.74 Å². The van der Waals surface area contributed by atoms with Crippen LogP contribution in [-0.2, 0) is 17.6 Å². The largest absolute Gasteiger partial charge is 0.460 e. The average molecular weight is 340 g/mol. The Bertz CT molecular complexity index is 966. The summed E-state index contributed by atoms with van der Waals surface area (Å²) in [5, 5.41) is 7.58. The summed E-state index contributed by atoms with van der Waals surface area (Å²) in [7, 11) is 0. The molecule has 1 atom stereocenters. The van der Waals surface area contributed by atoms with E-state index in [9.17, 15) is 14.0 Å². The summed E-state index contributed by atoms with van der Waals surface area (Å²) in [5.74, 6) is 0.248. The van der Waals surface area contributed by atoms with Crippen LogP contribution in [0.4, 0.5) is 4.39 Å². The molecule has 3 rings (SSSR count). The third-order valence-corrected chi connectivity index (χ3v) is 3.79. The van der Waals surface area contributed by atoms with Crippen molar-refractivity contribution in [3.05, 3.63) is 70.1 Å². The van der Waals surface area contributed by atoms with Crippen LogP contribution in [0.15, 0.2) is 53.3 Å². The number of H-pyrrole nitrogens is 1. The zero-order valence-electron chi connectivity index (χ0n) is 13.7. The molecular formula is C19H17FN2O3. The van der Waals surface area contributed by atoms with Crippen molar-refractivity contribution in [2.24, 2.45) is 0 Å². The first-order valence-electron chi connectivity index (χ1n) is 7.91. The van der Waals surface area contributed by atoms with Gasteiger partial charge in [-0.2, -0.15) is 5.10 Å². The Kier molecular flexibility index (Phi) is 4.88. The summed E-state index contributed by atoms with van der Waals surface area (Å²) in [6.45, 7) is 1.29. The van der Waals surface area contributed by atoms with Gasteiger partial charge in [-0.15, -0.1) is 0 Å². The first-order valence-corrected chi connectivity index (χ1v) is 7.91. The molecular weight excluding hydrogens is 323 g/mol. The zero-order valence-corrected chi connectivity index (χ0v) is 13.7. The fraction of sp³-hybridized carbons (Fsp3) is 0.211. The maximum atomic E-state index is 13.1. The Morgan fingerprint density at radius 1 is 1.12 bits per heavy atom. The van der Waals surface area contributed by atoms with E-state index in [1.807, 2.05) is 0 Å². The molecule has 2 aromatic carbocycles. The summed E-state index contributed by atoms with van der Waals surface area (Å²) < 4.78 is 18.2. The van der Waals surface area contributed by atoms with Crippen LogP contribution < -0.4 is 10.3 Å². The van der Waals surface area contributed by atoms with Crippen molar-refractivity contribution in [1.82, 2.24) is 10.2 Å². The summed E-state index contributed by atoms with van der Waals surface area (Å²) in [4.78, 5) is 24.3. The van der Waals surface area contributed by atoms with Gasteiger partial charge in [0.05, 0.1) is 17.5 Å². The SMILES string of the molecule is CC(F)Oc1ccccc1CC(=O)Cc1n[nH]c(=O)c2ccccc12. The predicted octanol–water partition coefficient (Wildman–Crippen LogP) is 2.97. The third-order valence-electron chi connectivity index (χ3n) is 3.79. The first-order chi connectivity index (χ1) is 12.0. The monoisotopic (exact) mass is 340 g/mol. The van der Waals surface area contributed by atoms with Crippen molar-refractivity contribution < 1.29 is 13.9 Å². The standard InChI is InChI=1S/C19H17FN2O3/c1-12(20)25-18-9-5-2-6-13(18)10-14(23)11-17-15-7-3-4-8-16(15)19(24)22-21-17/h2-9,12H,10-11H2,1H3,(H,22,24). The van der Waals surface area contributed by atoms with Crippen LogP contribution in [0, 0.1) is 0 Å². The van der Waals surface area contributed by atoms with E-state index < -0.39 is 6.36 Å². The molecule has 0 amide bonds. The van der Waals surface area contributed by atoms with Gasteiger partial charge >= 0.3 is 0 Å². The number of halogens is 1. The van der Waals surface area contributed by atoms with E-state index in [2.05, 4.69) is 10.2 Å². The summed E-state index contributed by atoms with van der Waals surface area (Å²) >= 11 is 0. The minimum absolute atomic E-state index is 0.0663. The number of aromatic amines is 1. The predicted molar refractivity (Wildman–Crippen MR) is 92.4 cm³/mol. The number of para-hydroxylation sites is 1. The van der Waals surface area contributed by atoms with Gasteiger partial charge in [0.2, 0.25) is 6.36 Å². The number of aromatic nitrogens is 2. The number of fused-ring (bicyclic) bond motifs is 1. The Labute approximate surface area is 143 Å². The van der Waals surface area contributed by atoms with Crippen LogP contribution in [0.1, 0.15) is 18.2 Å². The average Bonchev–Trinajstić information content (AvgIpc) is 2.59. The molecule has 1 heterocycles. The van der Waals surface area contributed by atoms with Gasteiger partial charge in [0.1, 0.15) is 11.5 Å². The van der Waals surface area contributed by atoms with Crippen molar-refractivity contribution in [3.63, 3.8) is 0 Å². The number of carbonyl (C=O) groups excluding carboxylic acids is 1. The number of alkyl halides is 1. The molecule has 0 bridgehead atoms. The van der Waals surface area contributed by atoms with Gasteiger partial charge in [-0.1, -0.05) is 36.4 Å². The number of ether oxygens (including phenoxy) is 1. The van der Waals surface area contributed by atoms with Gasteiger partial charge in [0.25, 0.3) is 5.56 Å². The highest BCUT2D eigenvalue weighted by Crippen LogP contribution is 2.21. The lowest BCUT2D eigenvalue weighted by atomic mass is 10.0. The highest BCUT2D eigenvalue weighted by atomic mass is 19.1. The minimum Gasteiger partial charge on any atom is -0.460 e. The van der Waals surface area contributed by atoms with Crippen LogP contribution >= 0.6 is 0 Å². The number of hydrogen-bond donors (Lipinski definition) is 1. The Balaban J connectivity index is 1.83. The second-order valence-corrected chi connectivity index (χ2v) is 5.71. The molecule has 25 heavy (non-hydrogen) atoms. The van der Waals surface area contributed by atoms with Gasteiger partial charge in [-0.3, -0.25) is 9.59 Å². The first kappa shape index (κ1) is 16.8. The van der Waals surface area contributed by atoms with E-state index in [0.29, 0.717) is 27.8 Å². The summed E-state index contributed by atoms with van der Waals surface area (Å²) in [6.07, 6.45) is -1.30. The number of rotatable bonds is 6. The third kappa shape index (κ3) is 3.91. The molecule has 0 radical (unpaired) electrons. The second kappa shape index (κ2) is 7.25. The van der Waals surface area contributed by atoms with E-state index >= 15 is 0 Å². The van der Waals surface area contributed by atoms with Gasteiger partial charge in [-0.25, -0.2) is 9.49 Å². The van der Waals surface area contributed by atoms with Crippen LogP contribution in [-0.4, -0.2) is 22.3 Å². The number of ketones is 1. The van der Waals surface area contributed by atoms with Crippen LogP contribution in [0.3, 0.4) is 0 Å². The van der Waals surface area contributed by atoms with Crippen LogP contribution in [0.2, 0.25) is 0 Å². The highest BCUT2D eigenvalue weighted by Gasteiger charge is 2.14. The van der Waals surface area contributed by atoms with Gasteiger partial charge in [0.15, 0.2) is 0 Å². The van der Waals surface area contributed by atoms with Crippen molar-refractivity contribution in [2.45, 2.75) is 26.1 Å². The molecule has 5 nitrogen and oxygen atoms in total. The number of nitrogens with one attached hydrogen (secondary N) is 1. The number of Topliss-reactive ketones (excluding diaryl/α,β-unsaturated/α-hetero) is 1. The normalized spacial score (nSPS) is 12.1. The van der Waals surface area contributed by atoms with E-state index in [-0.39, 0.29) is 24.2 Å². The lowest BCUT2D eigenvalue weighted by Crippen LogP contribution is -2.15. The highest BCUT2D eigenvalue weighted by molar-refractivity contribution is 5.90. The lowest BCUT2D eigenvalue weighted by molar-refractivity contribution is -0.117. The maximum Gasteiger partial charge on any atom is 0.272 e. The molecule has 0 aliphatic heterocycles. The molecule has 0 aliphatic carbocycles. The van der Waals surface area contributed by atoms with Crippen LogP contribution in [0.5, 0.6) is 5.75 Å². The molecule has 0 saturated carbocycles. The fourth-order valence-electron chi connectivity index (χ4n) is 2.71. The van der Waals surface area contributed by atoms with Crippen molar-refractivity contribution in [1.29, 1.82) is 0 Å². The van der Waals surface area contributed by atoms with Gasteiger partial charge in [0, 0.05) is 24.3 Å². The molecule has 6 heteroatoms. The van der Waals surface area contributed by atoms with Gasteiger partial charge < -0.3 is 4.74 Å². The molecule has 0 saturated heterocycles. The molecule has 1 aromatic heterocycles. The Morgan fingerprint density at radius 2 is 1.80 bits per heavy atom. The Hall–Kier alpha value is -3.02. The molecule has 0 spiro atoms. The topological polar surface area (TPSA) is 72.0 Å². The fourth-order valence-corrected chi connectivity index (χ4v) is 2.71.